The Kier molecular flexibility index (Phi) is 5.96. The Labute approximate surface area is 152 Å². The number of rotatable bonds is 6. The van der Waals surface area contributed by atoms with Crippen molar-refractivity contribution in [3.63, 3.8) is 0 Å². The van der Waals surface area contributed by atoms with Gasteiger partial charge in [-0.2, -0.15) is 0 Å². The SMILES string of the molecule is COc1ccc(CNC(=O)[C@@H](C)Sc2nnc3n2CCCCC3)cc1. The number of hydrogen-bond acceptors (Lipinski definition) is 5. The van der Waals surface area contributed by atoms with Crippen LogP contribution in [0.3, 0.4) is 0 Å². The maximum absolute atomic E-state index is 12.4. The fourth-order valence-corrected chi connectivity index (χ4v) is 3.75. The summed E-state index contributed by atoms with van der Waals surface area (Å²) in [6.45, 7) is 3.36. The molecule has 0 unspecified atom stereocenters. The summed E-state index contributed by atoms with van der Waals surface area (Å²) in [7, 11) is 1.64. The van der Waals surface area contributed by atoms with E-state index in [1.54, 1.807) is 7.11 Å². The van der Waals surface area contributed by atoms with Crippen molar-refractivity contribution in [3.8, 4) is 5.75 Å². The zero-order valence-electron chi connectivity index (χ0n) is 14.7. The van der Waals surface area contributed by atoms with Crippen LogP contribution >= 0.6 is 11.8 Å². The average Bonchev–Trinajstić information content (AvgIpc) is 2.86. The summed E-state index contributed by atoms with van der Waals surface area (Å²) in [5, 5.41) is 12.2. The molecule has 0 saturated carbocycles. The van der Waals surface area contributed by atoms with Crippen molar-refractivity contribution in [1.82, 2.24) is 20.1 Å². The Balaban J connectivity index is 1.54. The van der Waals surface area contributed by atoms with E-state index in [2.05, 4.69) is 20.1 Å². The van der Waals surface area contributed by atoms with Gasteiger partial charge in [0.25, 0.3) is 0 Å². The van der Waals surface area contributed by atoms with Gasteiger partial charge >= 0.3 is 0 Å². The first-order chi connectivity index (χ1) is 12.2. The highest BCUT2D eigenvalue weighted by Gasteiger charge is 2.20. The highest BCUT2D eigenvalue weighted by Crippen LogP contribution is 2.25. The lowest BCUT2D eigenvalue weighted by molar-refractivity contribution is -0.120. The Hall–Kier alpha value is -2.02. The highest BCUT2D eigenvalue weighted by molar-refractivity contribution is 8.00. The van der Waals surface area contributed by atoms with E-state index in [-0.39, 0.29) is 11.2 Å². The van der Waals surface area contributed by atoms with Crippen LogP contribution in [0.1, 0.15) is 37.6 Å². The van der Waals surface area contributed by atoms with Crippen LogP contribution in [0.25, 0.3) is 0 Å². The lowest BCUT2D eigenvalue weighted by atomic mass is 10.2. The molecule has 0 spiro atoms. The third kappa shape index (κ3) is 4.54. The number of fused-ring (bicyclic) bond motifs is 1. The molecule has 2 aromatic rings. The van der Waals surface area contributed by atoms with Crippen LogP contribution in [0.4, 0.5) is 0 Å². The van der Waals surface area contributed by atoms with Crippen molar-refractivity contribution in [2.75, 3.05) is 7.11 Å². The molecule has 1 N–H and O–H groups in total. The van der Waals surface area contributed by atoms with E-state index in [1.165, 1.54) is 24.6 Å². The number of aryl methyl sites for hydroxylation is 1. The quantitative estimate of drug-likeness (QED) is 0.802. The van der Waals surface area contributed by atoms with Crippen LogP contribution in [-0.2, 0) is 24.3 Å². The summed E-state index contributed by atoms with van der Waals surface area (Å²) in [6.07, 6.45) is 4.52. The zero-order chi connectivity index (χ0) is 17.6. The number of thioether (sulfide) groups is 1. The number of benzene rings is 1. The molecule has 0 aliphatic carbocycles. The molecule has 3 rings (SSSR count). The first-order valence-electron chi connectivity index (χ1n) is 8.67. The Morgan fingerprint density at radius 3 is 2.84 bits per heavy atom. The summed E-state index contributed by atoms with van der Waals surface area (Å²) < 4.78 is 7.31. The molecule has 1 aliphatic rings. The van der Waals surface area contributed by atoms with E-state index in [0.717, 1.165) is 41.7 Å². The predicted octanol–water partition coefficient (Wildman–Crippen LogP) is 2.81. The first kappa shape index (κ1) is 17.8. The molecule has 1 aromatic heterocycles. The van der Waals surface area contributed by atoms with E-state index in [4.69, 9.17) is 4.74 Å². The van der Waals surface area contributed by atoms with Crippen molar-refractivity contribution in [2.45, 2.75) is 56.1 Å². The number of nitrogens with one attached hydrogen (secondary N) is 1. The fraction of sp³-hybridized carbons (Fsp3) is 0.500. The second kappa shape index (κ2) is 8.38. The molecule has 0 radical (unpaired) electrons. The van der Waals surface area contributed by atoms with Gasteiger partial charge in [-0.25, -0.2) is 0 Å². The lowest BCUT2D eigenvalue weighted by Gasteiger charge is -2.13. The molecule has 0 saturated heterocycles. The molecule has 1 aromatic carbocycles. The number of hydrogen-bond donors (Lipinski definition) is 1. The van der Waals surface area contributed by atoms with Gasteiger partial charge in [-0.05, 0) is 37.5 Å². The molecule has 1 amide bonds. The van der Waals surface area contributed by atoms with Crippen molar-refractivity contribution in [1.29, 1.82) is 0 Å². The van der Waals surface area contributed by atoms with E-state index >= 15 is 0 Å². The maximum Gasteiger partial charge on any atom is 0.233 e. The molecular formula is C18H24N4O2S. The minimum atomic E-state index is -0.213. The number of carbonyl (C=O) groups is 1. The molecule has 1 atom stereocenters. The van der Waals surface area contributed by atoms with Gasteiger partial charge in [0.2, 0.25) is 5.91 Å². The third-order valence-corrected chi connectivity index (χ3v) is 5.43. The molecule has 7 heteroatoms. The summed E-state index contributed by atoms with van der Waals surface area (Å²) in [6, 6.07) is 7.70. The minimum Gasteiger partial charge on any atom is -0.497 e. The largest absolute Gasteiger partial charge is 0.497 e. The monoisotopic (exact) mass is 360 g/mol. The lowest BCUT2D eigenvalue weighted by Crippen LogP contribution is -2.30. The highest BCUT2D eigenvalue weighted by atomic mass is 32.2. The van der Waals surface area contributed by atoms with E-state index in [0.29, 0.717) is 6.54 Å². The maximum atomic E-state index is 12.4. The molecule has 0 bridgehead atoms. The molecule has 1 aliphatic heterocycles. The normalized spacial score (nSPS) is 15.1. The van der Waals surface area contributed by atoms with Crippen molar-refractivity contribution < 1.29 is 9.53 Å². The van der Waals surface area contributed by atoms with Crippen LogP contribution in [0.15, 0.2) is 29.4 Å². The number of amides is 1. The molecular weight excluding hydrogens is 336 g/mol. The minimum absolute atomic E-state index is 0.00629. The summed E-state index contributed by atoms with van der Waals surface area (Å²) in [5.74, 6) is 1.86. The van der Waals surface area contributed by atoms with Gasteiger partial charge in [0, 0.05) is 19.5 Å². The van der Waals surface area contributed by atoms with Gasteiger partial charge in [-0.15, -0.1) is 10.2 Å². The number of methoxy groups -OCH3 is 1. The Morgan fingerprint density at radius 2 is 2.08 bits per heavy atom. The summed E-state index contributed by atoms with van der Waals surface area (Å²) >= 11 is 1.48. The van der Waals surface area contributed by atoms with Gasteiger partial charge in [-0.3, -0.25) is 4.79 Å². The van der Waals surface area contributed by atoms with Gasteiger partial charge in [0.1, 0.15) is 11.6 Å². The topological polar surface area (TPSA) is 69.0 Å². The molecule has 25 heavy (non-hydrogen) atoms. The van der Waals surface area contributed by atoms with Crippen molar-refractivity contribution >= 4 is 17.7 Å². The summed E-state index contributed by atoms with van der Waals surface area (Å²) in [4.78, 5) is 12.4. The van der Waals surface area contributed by atoms with Gasteiger partial charge in [0.15, 0.2) is 5.16 Å². The predicted molar refractivity (Wildman–Crippen MR) is 97.7 cm³/mol. The van der Waals surface area contributed by atoms with E-state index in [1.807, 2.05) is 31.2 Å². The molecule has 0 fully saturated rings. The second-order valence-corrected chi connectivity index (χ2v) is 7.50. The number of ether oxygens (including phenoxy) is 1. The smallest absolute Gasteiger partial charge is 0.233 e. The second-order valence-electron chi connectivity index (χ2n) is 6.19. The summed E-state index contributed by atoms with van der Waals surface area (Å²) in [5.41, 5.74) is 1.04. The van der Waals surface area contributed by atoms with Crippen molar-refractivity contribution in [2.24, 2.45) is 0 Å². The number of aromatic nitrogens is 3. The first-order valence-corrected chi connectivity index (χ1v) is 9.54. The fourth-order valence-electron chi connectivity index (χ4n) is 2.83. The van der Waals surface area contributed by atoms with E-state index < -0.39 is 0 Å². The number of carbonyl (C=O) groups excluding carboxylic acids is 1. The van der Waals surface area contributed by atoms with Crippen LogP contribution < -0.4 is 10.1 Å². The van der Waals surface area contributed by atoms with Gasteiger partial charge in [-0.1, -0.05) is 30.3 Å². The average molecular weight is 360 g/mol. The Morgan fingerprint density at radius 1 is 1.28 bits per heavy atom. The van der Waals surface area contributed by atoms with Crippen LogP contribution in [0, 0.1) is 0 Å². The van der Waals surface area contributed by atoms with E-state index in [9.17, 15) is 4.79 Å². The van der Waals surface area contributed by atoms with Gasteiger partial charge in [0.05, 0.1) is 12.4 Å². The van der Waals surface area contributed by atoms with Gasteiger partial charge < -0.3 is 14.6 Å². The van der Waals surface area contributed by atoms with Crippen LogP contribution in [0.5, 0.6) is 5.75 Å². The van der Waals surface area contributed by atoms with Crippen molar-refractivity contribution in [3.05, 3.63) is 35.7 Å². The molecule has 6 nitrogen and oxygen atoms in total. The van der Waals surface area contributed by atoms with Crippen LogP contribution in [-0.4, -0.2) is 33.0 Å². The number of nitrogens with zero attached hydrogens (tertiary/aromatic N) is 3. The molecule has 2 heterocycles. The zero-order valence-corrected chi connectivity index (χ0v) is 15.5. The standard InChI is InChI=1S/C18H24N4O2S/c1-13(17(23)19-12-14-7-9-15(24-2)10-8-14)25-18-21-20-16-6-4-3-5-11-22(16)18/h7-10,13H,3-6,11-12H2,1-2H3,(H,19,23)/t13-/m1/s1. The molecule has 134 valence electrons. The Bertz CT molecular complexity index is 714. The third-order valence-electron chi connectivity index (χ3n) is 4.35. The van der Waals surface area contributed by atoms with Crippen LogP contribution in [0.2, 0.25) is 0 Å².